The Hall–Kier alpha value is -3.23. The number of rotatable bonds is 5. The quantitative estimate of drug-likeness (QED) is 0.436. The van der Waals surface area contributed by atoms with Gasteiger partial charge in [-0.1, -0.05) is 30.3 Å². The largest absolute Gasteiger partial charge is 0.436 e. The molecule has 1 fully saturated rings. The predicted molar refractivity (Wildman–Crippen MR) is 126 cm³/mol. The molecular formula is C25H24FN3O3S. The monoisotopic (exact) mass is 465 g/mol. The van der Waals surface area contributed by atoms with Gasteiger partial charge in [0.25, 0.3) is 0 Å². The molecule has 3 aromatic carbocycles. The highest BCUT2D eigenvalue weighted by Crippen LogP contribution is 2.30. The summed E-state index contributed by atoms with van der Waals surface area (Å²) in [6.07, 6.45) is 1.05. The third-order valence-electron chi connectivity index (χ3n) is 5.96. The summed E-state index contributed by atoms with van der Waals surface area (Å²) >= 11 is 0. The number of fused-ring (bicyclic) bond motifs is 1. The molecule has 1 aliphatic heterocycles. The van der Waals surface area contributed by atoms with E-state index in [1.54, 1.807) is 0 Å². The number of hydrogen-bond donors (Lipinski definition) is 0. The molecule has 6 nitrogen and oxygen atoms in total. The normalized spacial score (nSPS) is 15.3. The molecule has 0 spiro atoms. The summed E-state index contributed by atoms with van der Waals surface area (Å²) < 4.78 is 43.7. The number of hydrogen-bond acceptors (Lipinski definition) is 6. The van der Waals surface area contributed by atoms with Crippen molar-refractivity contribution in [1.82, 2.24) is 9.88 Å². The highest BCUT2D eigenvalue weighted by Gasteiger charge is 2.20. The van der Waals surface area contributed by atoms with Crippen molar-refractivity contribution in [2.75, 3.05) is 37.3 Å². The van der Waals surface area contributed by atoms with Crippen LogP contribution in [0, 0.1) is 5.82 Å². The Morgan fingerprint density at radius 3 is 2.42 bits per heavy atom. The number of oxazole rings is 1. The second-order valence-corrected chi connectivity index (χ2v) is 10.3. The third-order valence-corrected chi connectivity index (χ3v) is 7.07. The summed E-state index contributed by atoms with van der Waals surface area (Å²) in [7, 11) is -3.49. The van der Waals surface area contributed by atoms with Gasteiger partial charge in [0.05, 0.1) is 10.5 Å². The van der Waals surface area contributed by atoms with Gasteiger partial charge in [0.1, 0.15) is 11.3 Å². The van der Waals surface area contributed by atoms with Crippen LogP contribution < -0.4 is 4.90 Å². The molecule has 1 aliphatic rings. The van der Waals surface area contributed by atoms with Crippen LogP contribution in [-0.2, 0) is 16.4 Å². The van der Waals surface area contributed by atoms with E-state index in [2.05, 4.69) is 39.0 Å². The van der Waals surface area contributed by atoms with Gasteiger partial charge in [-0.05, 0) is 42.0 Å². The number of nitrogens with zero attached hydrogens (tertiary/aromatic N) is 3. The van der Waals surface area contributed by atoms with E-state index in [4.69, 9.17) is 4.42 Å². The van der Waals surface area contributed by atoms with Crippen LogP contribution in [0.4, 0.5) is 10.1 Å². The van der Waals surface area contributed by atoms with Gasteiger partial charge in [-0.3, -0.25) is 4.90 Å². The summed E-state index contributed by atoms with van der Waals surface area (Å²) in [4.78, 5) is 9.16. The van der Waals surface area contributed by atoms with Gasteiger partial charge in [0.15, 0.2) is 15.4 Å². The van der Waals surface area contributed by atoms with Crippen LogP contribution in [0.3, 0.4) is 0 Å². The number of piperazine rings is 1. The lowest BCUT2D eigenvalue weighted by molar-refractivity contribution is 0.250. The molecule has 33 heavy (non-hydrogen) atoms. The molecule has 0 atom stereocenters. The van der Waals surface area contributed by atoms with E-state index in [9.17, 15) is 12.8 Å². The Kier molecular flexibility index (Phi) is 5.64. The van der Waals surface area contributed by atoms with Crippen molar-refractivity contribution in [1.29, 1.82) is 0 Å². The summed E-state index contributed by atoms with van der Waals surface area (Å²) in [5.74, 6) is -0.549. The molecule has 4 aromatic rings. The van der Waals surface area contributed by atoms with E-state index in [0.717, 1.165) is 50.7 Å². The molecule has 1 saturated heterocycles. The minimum atomic E-state index is -3.49. The molecule has 5 rings (SSSR count). The summed E-state index contributed by atoms with van der Waals surface area (Å²) in [5, 5.41) is 0. The van der Waals surface area contributed by atoms with Gasteiger partial charge < -0.3 is 9.32 Å². The fraction of sp³-hybridized carbons (Fsp3) is 0.240. The molecule has 0 N–H and O–H groups in total. The molecule has 8 heteroatoms. The molecule has 170 valence electrons. The van der Waals surface area contributed by atoms with Crippen molar-refractivity contribution in [3.05, 3.63) is 78.1 Å². The molecule has 0 unspecified atom stereocenters. The lowest BCUT2D eigenvalue weighted by Gasteiger charge is -2.36. The first-order valence-electron chi connectivity index (χ1n) is 10.8. The van der Waals surface area contributed by atoms with E-state index in [1.807, 2.05) is 24.3 Å². The zero-order valence-electron chi connectivity index (χ0n) is 18.2. The number of benzene rings is 3. The number of halogens is 1. The minimum absolute atomic E-state index is 0.0754. The average molecular weight is 466 g/mol. The van der Waals surface area contributed by atoms with Gasteiger partial charge in [-0.15, -0.1) is 0 Å². The van der Waals surface area contributed by atoms with Crippen molar-refractivity contribution in [2.45, 2.75) is 11.4 Å². The number of sulfone groups is 1. The summed E-state index contributed by atoms with van der Waals surface area (Å²) in [6, 6.07) is 20.0. The number of aromatic nitrogens is 1. The van der Waals surface area contributed by atoms with Crippen molar-refractivity contribution in [3.63, 3.8) is 0 Å². The lowest BCUT2D eigenvalue weighted by atomic mass is 10.2. The molecule has 0 saturated carbocycles. The standard InChI is InChI=1S/C25H24FN3O3S/c1-33(30,31)20-8-9-21(22(26)16-20)25-27-23-15-19(7-10-24(23)32-25)29-13-11-28(12-14-29)17-18-5-3-2-4-6-18/h2-10,15-16H,11-14,17H2,1H3. The van der Waals surface area contributed by atoms with Crippen LogP contribution >= 0.6 is 0 Å². The van der Waals surface area contributed by atoms with Crippen LogP contribution in [0.5, 0.6) is 0 Å². The first kappa shape index (κ1) is 21.6. The Bertz CT molecular complexity index is 1400. The van der Waals surface area contributed by atoms with Crippen molar-refractivity contribution < 1.29 is 17.2 Å². The Balaban J connectivity index is 1.32. The van der Waals surface area contributed by atoms with E-state index in [0.29, 0.717) is 11.1 Å². The third kappa shape index (κ3) is 4.62. The maximum Gasteiger partial charge on any atom is 0.230 e. The Labute approximate surface area is 192 Å². The maximum atomic E-state index is 14.6. The summed E-state index contributed by atoms with van der Waals surface area (Å²) in [5.41, 5.74) is 3.70. The molecule has 1 aromatic heterocycles. The molecule has 2 heterocycles. The number of anilines is 1. The summed E-state index contributed by atoms with van der Waals surface area (Å²) in [6.45, 7) is 4.70. The second-order valence-electron chi connectivity index (χ2n) is 8.33. The van der Waals surface area contributed by atoms with Crippen LogP contribution in [0.2, 0.25) is 0 Å². The van der Waals surface area contributed by atoms with Gasteiger partial charge in [-0.25, -0.2) is 17.8 Å². The van der Waals surface area contributed by atoms with Gasteiger partial charge in [0.2, 0.25) is 5.89 Å². The minimum Gasteiger partial charge on any atom is -0.436 e. The van der Waals surface area contributed by atoms with Crippen molar-refractivity contribution >= 4 is 26.6 Å². The van der Waals surface area contributed by atoms with E-state index < -0.39 is 15.7 Å². The van der Waals surface area contributed by atoms with E-state index in [1.165, 1.54) is 17.7 Å². The van der Waals surface area contributed by atoms with E-state index >= 15 is 0 Å². The first-order valence-corrected chi connectivity index (χ1v) is 12.7. The highest BCUT2D eigenvalue weighted by atomic mass is 32.2. The first-order chi connectivity index (χ1) is 15.9. The Morgan fingerprint density at radius 2 is 1.73 bits per heavy atom. The smallest absolute Gasteiger partial charge is 0.230 e. The molecule has 0 aliphatic carbocycles. The predicted octanol–water partition coefficient (Wildman–Crippen LogP) is 4.36. The van der Waals surface area contributed by atoms with Gasteiger partial charge in [0, 0.05) is 44.7 Å². The van der Waals surface area contributed by atoms with Crippen LogP contribution in [0.25, 0.3) is 22.6 Å². The van der Waals surface area contributed by atoms with Crippen LogP contribution in [0.15, 0.2) is 76.0 Å². The van der Waals surface area contributed by atoms with Crippen LogP contribution in [0.1, 0.15) is 5.56 Å². The molecule has 0 bridgehead atoms. The SMILES string of the molecule is CS(=O)(=O)c1ccc(-c2nc3cc(N4CCN(Cc5ccccc5)CC4)ccc3o2)c(F)c1. The maximum absolute atomic E-state index is 14.6. The topological polar surface area (TPSA) is 66.7 Å². The van der Waals surface area contributed by atoms with Gasteiger partial charge >= 0.3 is 0 Å². The second kappa shape index (κ2) is 8.61. The zero-order chi connectivity index (χ0) is 23.0. The van der Waals surface area contributed by atoms with Gasteiger partial charge in [-0.2, -0.15) is 0 Å². The molecular weight excluding hydrogens is 441 g/mol. The fourth-order valence-corrected chi connectivity index (χ4v) is 4.77. The van der Waals surface area contributed by atoms with Crippen molar-refractivity contribution in [3.8, 4) is 11.5 Å². The average Bonchev–Trinajstić information content (AvgIpc) is 3.23. The fourth-order valence-electron chi connectivity index (χ4n) is 4.13. The zero-order valence-corrected chi connectivity index (χ0v) is 19.1. The lowest BCUT2D eigenvalue weighted by Crippen LogP contribution is -2.45. The Morgan fingerprint density at radius 1 is 0.970 bits per heavy atom. The molecule has 0 radical (unpaired) electrons. The highest BCUT2D eigenvalue weighted by molar-refractivity contribution is 7.90. The molecule has 0 amide bonds. The van der Waals surface area contributed by atoms with Crippen molar-refractivity contribution in [2.24, 2.45) is 0 Å². The van der Waals surface area contributed by atoms with E-state index in [-0.39, 0.29) is 16.3 Å². The van der Waals surface area contributed by atoms with Crippen LogP contribution in [-0.4, -0.2) is 50.7 Å².